The Morgan fingerprint density at radius 1 is 1.24 bits per heavy atom. The van der Waals surface area contributed by atoms with E-state index in [1.807, 2.05) is 10.6 Å². The van der Waals surface area contributed by atoms with Crippen LogP contribution in [0.5, 0.6) is 0 Å². The maximum atomic E-state index is 11.8. The summed E-state index contributed by atoms with van der Waals surface area (Å²) >= 11 is 5.99. The summed E-state index contributed by atoms with van der Waals surface area (Å²) in [5, 5.41) is 9.86. The molecule has 0 saturated heterocycles. The molecule has 0 saturated carbocycles. The first kappa shape index (κ1) is 13.9. The molecule has 0 spiro atoms. The van der Waals surface area contributed by atoms with Crippen LogP contribution in [0.4, 0.5) is 0 Å². The Balaban J connectivity index is 2.11. The summed E-state index contributed by atoms with van der Waals surface area (Å²) in [5.74, 6) is 0.717. The second kappa shape index (κ2) is 5.71. The topological polar surface area (TPSA) is 60.0 Å². The number of benzene rings is 1. The van der Waals surface area contributed by atoms with E-state index in [-0.39, 0.29) is 12.2 Å². The SMILES string of the molecule is O=c1ccccn1Cc1nc2cc(Cl)ccc2n1CCO. The Labute approximate surface area is 126 Å². The second-order valence-corrected chi connectivity index (χ2v) is 5.14. The molecule has 1 aromatic carbocycles. The first-order chi connectivity index (χ1) is 10.2. The van der Waals surface area contributed by atoms with E-state index < -0.39 is 0 Å². The predicted molar refractivity (Wildman–Crippen MR) is 81.6 cm³/mol. The van der Waals surface area contributed by atoms with Gasteiger partial charge in [-0.2, -0.15) is 0 Å². The lowest BCUT2D eigenvalue weighted by molar-refractivity contribution is 0.275. The molecule has 0 aliphatic rings. The third-order valence-electron chi connectivity index (χ3n) is 3.32. The zero-order chi connectivity index (χ0) is 14.8. The minimum absolute atomic E-state index is 0.00474. The minimum atomic E-state index is -0.0851. The largest absolute Gasteiger partial charge is 0.395 e. The van der Waals surface area contributed by atoms with Crippen molar-refractivity contribution in [2.75, 3.05) is 6.61 Å². The third kappa shape index (κ3) is 2.70. The molecular formula is C15H14ClN3O2. The molecule has 3 rings (SSSR count). The van der Waals surface area contributed by atoms with E-state index in [9.17, 15) is 9.90 Å². The number of hydrogen-bond acceptors (Lipinski definition) is 3. The Kier molecular flexibility index (Phi) is 3.77. The second-order valence-electron chi connectivity index (χ2n) is 4.70. The number of rotatable bonds is 4. The number of aliphatic hydroxyl groups excluding tert-OH is 1. The van der Waals surface area contributed by atoms with Crippen molar-refractivity contribution >= 4 is 22.6 Å². The molecule has 5 nitrogen and oxygen atoms in total. The Morgan fingerprint density at radius 2 is 2.10 bits per heavy atom. The first-order valence-corrected chi connectivity index (χ1v) is 6.98. The number of halogens is 1. The number of pyridine rings is 1. The van der Waals surface area contributed by atoms with Gasteiger partial charge in [-0.15, -0.1) is 0 Å². The number of aliphatic hydroxyl groups is 1. The van der Waals surface area contributed by atoms with Crippen molar-refractivity contribution in [2.24, 2.45) is 0 Å². The van der Waals surface area contributed by atoms with Gasteiger partial charge in [0.15, 0.2) is 0 Å². The average Bonchev–Trinajstić information content (AvgIpc) is 2.79. The van der Waals surface area contributed by atoms with Crippen molar-refractivity contribution in [3.63, 3.8) is 0 Å². The summed E-state index contributed by atoms with van der Waals surface area (Å²) in [7, 11) is 0. The van der Waals surface area contributed by atoms with Crippen LogP contribution in [0.25, 0.3) is 11.0 Å². The maximum absolute atomic E-state index is 11.8. The van der Waals surface area contributed by atoms with Crippen molar-refractivity contribution in [2.45, 2.75) is 13.1 Å². The van der Waals surface area contributed by atoms with Gasteiger partial charge >= 0.3 is 0 Å². The Bertz CT molecular complexity index is 838. The van der Waals surface area contributed by atoms with Gasteiger partial charge in [0.25, 0.3) is 5.56 Å². The molecule has 1 N–H and O–H groups in total. The summed E-state index contributed by atoms with van der Waals surface area (Å²) in [6.07, 6.45) is 1.72. The van der Waals surface area contributed by atoms with Gasteiger partial charge in [-0.1, -0.05) is 17.7 Å². The lowest BCUT2D eigenvalue weighted by Gasteiger charge is -2.08. The maximum Gasteiger partial charge on any atom is 0.250 e. The molecule has 0 radical (unpaired) electrons. The zero-order valence-corrected chi connectivity index (χ0v) is 12.0. The molecule has 0 aliphatic heterocycles. The number of fused-ring (bicyclic) bond motifs is 1. The van der Waals surface area contributed by atoms with Crippen LogP contribution >= 0.6 is 11.6 Å². The molecule has 0 unspecified atom stereocenters. The van der Waals surface area contributed by atoms with E-state index in [1.54, 1.807) is 35.0 Å². The lowest BCUT2D eigenvalue weighted by Crippen LogP contribution is -2.21. The van der Waals surface area contributed by atoms with Crippen LogP contribution < -0.4 is 5.56 Å². The molecule has 0 aliphatic carbocycles. The van der Waals surface area contributed by atoms with Gasteiger partial charge in [0.05, 0.1) is 24.2 Å². The van der Waals surface area contributed by atoms with E-state index in [2.05, 4.69) is 4.98 Å². The molecule has 0 atom stereocenters. The Morgan fingerprint density at radius 3 is 2.86 bits per heavy atom. The van der Waals surface area contributed by atoms with Crippen molar-refractivity contribution in [1.82, 2.24) is 14.1 Å². The third-order valence-corrected chi connectivity index (χ3v) is 3.56. The summed E-state index contributed by atoms with van der Waals surface area (Å²) in [6.45, 7) is 0.784. The molecule has 6 heteroatoms. The number of imidazole rings is 1. The fourth-order valence-electron chi connectivity index (χ4n) is 2.37. The van der Waals surface area contributed by atoms with Gasteiger partial charge < -0.3 is 14.2 Å². The van der Waals surface area contributed by atoms with Gasteiger partial charge in [-0.3, -0.25) is 4.79 Å². The van der Waals surface area contributed by atoms with Crippen molar-refractivity contribution in [1.29, 1.82) is 0 Å². The number of aromatic nitrogens is 3. The predicted octanol–water partition coefficient (Wildman–Crippen LogP) is 1.89. The number of hydrogen-bond donors (Lipinski definition) is 1. The van der Waals surface area contributed by atoms with Crippen molar-refractivity contribution in [3.8, 4) is 0 Å². The van der Waals surface area contributed by atoms with E-state index in [0.29, 0.717) is 18.1 Å². The smallest absolute Gasteiger partial charge is 0.250 e. The van der Waals surface area contributed by atoms with Gasteiger partial charge in [0.2, 0.25) is 0 Å². The molecule has 0 fully saturated rings. The monoisotopic (exact) mass is 303 g/mol. The average molecular weight is 304 g/mol. The molecule has 2 aromatic heterocycles. The highest BCUT2D eigenvalue weighted by molar-refractivity contribution is 6.31. The molecule has 0 amide bonds. The highest BCUT2D eigenvalue weighted by Gasteiger charge is 2.11. The molecule has 2 heterocycles. The molecular weight excluding hydrogens is 290 g/mol. The molecule has 3 aromatic rings. The molecule has 0 bridgehead atoms. The zero-order valence-electron chi connectivity index (χ0n) is 11.2. The van der Waals surface area contributed by atoms with E-state index in [0.717, 1.165) is 16.9 Å². The van der Waals surface area contributed by atoms with Crippen molar-refractivity contribution < 1.29 is 5.11 Å². The van der Waals surface area contributed by atoms with Crippen LogP contribution in [-0.2, 0) is 13.1 Å². The molecule has 21 heavy (non-hydrogen) atoms. The van der Waals surface area contributed by atoms with Crippen LogP contribution in [-0.4, -0.2) is 25.8 Å². The van der Waals surface area contributed by atoms with Crippen LogP contribution in [0.1, 0.15) is 5.82 Å². The van der Waals surface area contributed by atoms with Gasteiger partial charge in [-0.05, 0) is 24.3 Å². The van der Waals surface area contributed by atoms with E-state index >= 15 is 0 Å². The minimum Gasteiger partial charge on any atom is -0.395 e. The quantitative estimate of drug-likeness (QED) is 0.801. The Hall–Kier alpha value is -2.11. The summed E-state index contributed by atoms with van der Waals surface area (Å²) in [4.78, 5) is 16.4. The first-order valence-electron chi connectivity index (χ1n) is 6.60. The summed E-state index contributed by atoms with van der Waals surface area (Å²) in [5.41, 5.74) is 1.57. The summed E-state index contributed by atoms with van der Waals surface area (Å²) < 4.78 is 3.49. The van der Waals surface area contributed by atoms with Gasteiger partial charge in [0, 0.05) is 23.8 Å². The van der Waals surface area contributed by atoms with E-state index in [1.165, 1.54) is 6.07 Å². The highest BCUT2D eigenvalue weighted by Crippen LogP contribution is 2.21. The van der Waals surface area contributed by atoms with Gasteiger partial charge in [-0.25, -0.2) is 4.98 Å². The van der Waals surface area contributed by atoms with Crippen molar-refractivity contribution in [3.05, 3.63) is 63.8 Å². The normalized spacial score (nSPS) is 11.1. The van der Waals surface area contributed by atoms with Crippen LogP contribution in [0.2, 0.25) is 5.02 Å². The standard InChI is InChI=1S/C15H14ClN3O2/c16-11-4-5-13-12(9-11)17-14(19(13)7-8-20)10-18-6-2-1-3-15(18)21/h1-6,9,20H,7-8,10H2. The number of nitrogens with zero attached hydrogens (tertiary/aromatic N) is 3. The summed E-state index contributed by atoms with van der Waals surface area (Å²) in [6, 6.07) is 10.5. The highest BCUT2D eigenvalue weighted by atomic mass is 35.5. The molecule has 108 valence electrons. The fraction of sp³-hybridized carbons (Fsp3) is 0.200. The van der Waals surface area contributed by atoms with Crippen LogP contribution in [0, 0.1) is 0 Å². The van der Waals surface area contributed by atoms with Crippen LogP contribution in [0.15, 0.2) is 47.4 Å². The van der Waals surface area contributed by atoms with Gasteiger partial charge in [0.1, 0.15) is 5.82 Å². The fourth-order valence-corrected chi connectivity index (χ4v) is 2.53. The van der Waals surface area contributed by atoms with E-state index in [4.69, 9.17) is 11.6 Å². The van der Waals surface area contributed by atoms with Crippen LogP contribution in [0.3, 0.4) is 0 Å². The lowest BCUT2D eigenvalue weighted by atomic mass is 10.3.